The van der Waals surface area contributed by atoms with E-state index in [1.54, 1.807) is 0 Å². The molecule has 0 heterocycles. The first-order valence-electron chi connectivity index (χ1n) is 6.76. The van der Waals surface area contributed by atoms with Crippen LogP contribution in [0.4, 0.5) is 0 Å². The summed E-state index contributed by atoms with van der Waals surface area (Å²) in [5, 5.41) is 10.2. The van der Waals surface area contributed by atoms with Gasteiger partial charge in [0.05, 0.1) is 0 Å². The lowest BCUT2D eigenvalue weighted by Crippen LogP contribution is -2.24. The minimum absolute atomic E-state index is 0. The molecule has 1 atom stereocenters. The normalized spacial score (nSPS) is 17.9. The standard InChI is InChI=1S/C15H22BrNO.ClH/c1-9-8-12(18)13(10(2)14(9)16)15(17)11-6-4-3-5-7-11;/h8,11,15,18H,3-7,17H2,1-2H3;1H/t15-;/m1./s1. The van der Waals surface area contributed by atoms with Crippen LogP contribution < -0.4 is 5.73 Å². The number of phenolic OH excluding ortho intramolecular Hbond substituents is 1. The van der Waals surface area contributed by atoms with E-state index in [1.165, 1.54) is 32.1 Å². The van der Waals surface area contributed by atoms with Crippen molar-refractivity contribution in [3.63, 3.8) is 0 Å². The van der Waals surface area contributed by atoms with Crippen LogP contribution in [0.1, 0.15) is 54.8 Å². The quantitative estimate of drug-likeness (QED) is 0.808. The van der Waals surface area contributed by atoms with Crippen molar-refractivity contribution in [3.8, 4) is 5.75 Å². The maximum Gasteiger partial charge on any atom is 0.120 e. The molecule has 1 aliphatic rings. The Hall–Kier alpha value is -0.250. The van der Waals surface area contributed by atoms with Gasteiger partial charge in [-0.2, -0.15) is 0 Å². The number of rotatable bonds is 2. The summed E-state index contributed by atoms with van der Waals surface area (Å²) in [5.74, 6) is 0.865. The smallest absolute Gasteiger partial charge is 0.120 e. The maximum absolute atomic E-state index is 10.2. The molecule has 0 radical (unpaired) electrons. The van der Waals surface area contributed by atoms with Crippen LogP contribution >= 0.6 is 28.3 Å². The van der Waals surface area contributed by atoms with Crippen molar-refractivity contribution in [2.75, 3.05) is 0 Å². The van der Waals surface area contributed by atoms with Gasteiger partial charge in [-0.05, 0) is 49.8 Å². The minimum atomic E-state index is -0.0396. The number of aryl methyl sites for hydroxylation is 1. The predicted octanol–water partition coefficient (Wildman–Crippen LogP) is 4.77. The molecule has 3 N–H and O–H groups in total. The molecule has 1 aromatic carbocycles. The van der Waals surface area contributed by atoms with E-state index in [2.05, 4.69) is 15.9 Å². The number of phenols is 1. The molecular weight excluding hydrogens is 326 g/mol. The van der Waals surface area contributed by atoms with Gasteiger partial charge in [0.25, 0.3) is 0 Å². The van der Waals surface area contributed by atoms with E-state index in [9.17, 15) is 5.11 Å². The fraction of sp³-hybridized carbons (Fsp3) is 0.600. The average Bonchev–Trinajstić information content (AvgIpc) is 2.37. The van der Waals surface area contributed by atoms with Gasteiger partial charge in [0.15, 0.2) is 0 Å². The zero-order valence-corrected chi connectivity index (χ0v) is 14.0. The van der Waals surface area contributed by atoms with Crippen molar-refractivity contribution >= 4 is 28.3 Å². The molecule has 1 fully saturated rings. The van der Waals surface area contributed by atoms with E-state index in [0.29, 0.717) is 11.7 Å². The molecule has 2 rings (SSSR count). The Labute approximate surface area is 130 Å². The van der Waals surface area contributed by atoms with Crippen molar-refractivity contribution in [2.45, 2.75) is 52.0 Å². The van der Waals surface area contributed by atoms with E-state index < -0.39 is 0 Å². The predicted molar refractivity (Wildman–Crippen MR) is 86.0 cm³/mol. The highest BCUT2D eigenvalue weighted by Gasteiger charge is 2.26. The molecule has 0 spiro atoms. The summed E-state index contributed by atoms with van der Waals surface area (Å²) in [6.07, 6.45) is 6.24. The topological polar surface area (TPSA) is 46.2 Å². The Balaban J connectivity index is 0.00000180. The SMILES string of the molecule is Cc1cc(O)c([C@H](N)C2CCCCC2)c(C)c1Br.Cl. The summed E-state index contributed by atoms with van der Waals surface area (Å²) in [6, 6.07) is 1.77. The molecular formula is C15H23BrClNO. The van der Waals surface area contributed by atoms with Crippen molar-refractivity contribution in [3.05, 3.63) is 27.2 Å². The summed E-state index contributed by atoms with van der Waals surface area (Å²) < 4.78 is 1.07. The lowest BCUT2D eigenvalue weighted by molar-refractivity contribution is 0.302. The first-order chi connectivity index (χ1) is 8.52. The zero-order valence-electron chi connectivity index (χ0n) is 11.6. The van der Waals surface area contributed by atoms with Crippen LogP contribution in [-0.2, 0) is 0 Å². The van der Waals surface area contributed by atoms with E-state index in [1.807, 2.05) is 19.9 Å². The average molecular weight is 349 g/mol. The lowest BCUT2D eigenvalue weighted by atomic mass is 9.80. The Morgan fingerprint density at radius 3 is 2.42 bits per heavy atom. The number of nitrogens with two attached hydrogens (primary N) is 1. The fourth-order valence-electron chi connectivity index (χ4n) is 3.10. The lowest BCUT2D eigenvalue weighted by Gasteiger charge is -2.29. The van der Waals surface area contributed by atoms with E-state index in [0.717, 1.165) is 21.2 Å². The second-order valence-corrected chi connectivity index (χ2v) is 6.28. The van der Waals surface area contributed by atoms with E-state index >= 15 is 0 Å². The molecule has 108 valence electrons. The summed E-state index contributed by atoms with van der Waals surface area (Å²) in [5.41, 5.74) is 9.49. The van der Waals surface area contributed by atoms with Gasteiger partial charge >= 0.3 is 0 Å². The summed E-state index contributed by atoms with van der Waals surface area (Å²) >= 11 is 3.59. The van der Waals surface area contributed by atoms with Crippen LogP contribution in [-0.4, -0.2) is 5.11 Å². The van der Waals surface area contributed by atoms with Gasteiger partial charge in [-0.15, -0.1) is 12.4 Å². The second kappa shape index (κ2) is 6.96. The molecule has 1 aromatic rings. The van der Waals surface area contributed by atoms with Crippen LogP contribution in [0.3, 0.4) is 0 Å². The van der Waals surface area contributed by atoms with Gasteiger partial charge in [0.1, 0.15) is 5.75 Å². The minimum Gasteiger partial charge on any atom is -0.508 e. The van der Waals surface area contributed by atoms with Gasteiger partial charge in [-0.25, -0.2) is 0 Å². The summed E-state index contributed by atoms with van der Waals surface area (Å²) in [7, 11) is 0. The van der Waals surface area contributed by atoms with Crippen molar-refractivity contribution in [1.29, 1.82) is 0 Å². The number of aromatic hydroxyl groups is 1. The highest BCUT2D eigenvalue weighted by molar-refractivity contribution is 9.10. The van der Waals surface area contributed by atoms with Crippen LogP contribution in [0.25, 0.3) is 0 Å². The highest BCUT2D eigenvalue weighted by atomic mass is 79.9. The largest absolute Gasteiger partial charge is 0.508 e. The second-order valence-electron chi connectivity index (χ2n) is 5.49. The molecule has 0 aromatic heterocycles. The van der Waals surface area contributed by atoms with Crippen LogP contribution in [0.15, 0.2) is 10.5 Å². The van der Waals surface area contributed by atoms with Gasteiger partial charge in [-0.1, -0.05) is 35.2 Å². The van der Waals surface area contributed by atoms with E-state index in [-0.39, 0.29) is 18.4 Å². The number of halogens is 2. The van der Waals surface area contributed by atoms with Gasteiger partial charge in [-0.3, -0.25) is 0 Å². The van der Waals surface area contributed by atoms with Gasteiger partial charge in [0, 0.05) is 16.1 Å². The molecule has 19 heavy (non-hydrogen) atoms. The van der Waals surface area contributed by atoms with Gasteiger partial charge in [0.2, 0.25) is 0 Å². The first-order valence-corrected chi connectivity index (χ1v) is 7.55. The Morgan fingerprint density at radius 2 is 1.84 bits per heavy atom. The maximum atomic E-state index is 10.2. The third kappa shape index (κ3) is 3.45. The van der Waals surface area contributed by atoms with Crippen molar-refractivity contribution < 1.29 is 5.11 Å². The number of hydrogen-bond donors (Lipinski definition) is 2. The highest BCUT2D eigenvalue weighted by Crippen LogP contribution is 2.40. The molecule has 1 saturated carbocycles. The Bertz CT molecular complexity index is 444. The molecule has 4 heteroatoms. The van der Waals surface area contributed by atoms with Crippen LogP contribution in [0, 0.1) is 19.8 Å². The monoisotopic (exact) mass is 347 g/mol. The first kappa shape index (κ1) is 16.8. The molecule has 0 unspecified atom stereocenters. The van der Waals surface area contributed by atoms with E-state index in [4.69, 9.17) is 5.73 Å². The van der Waals surface area contributed by atoms with Crippen LogP contribution in [0.5, 0.6) is 5.75 Å². The fourth-order valence-corrected chi connectivity index (χ4v) is 3.43. The number of hydrogen-bond acceptors (Lipinski definition) is 2. The Morgan fingerprint density at radius 1 is 1.26 bits per heavy atom. The van der Waals surface area contributed by atoms with Gasteiger partial charge < -0.3 is 10.8 Å². The third-order valence-corrected chi connectivity index (χ3v) is 5.42. The Kier molecular flexibility index (Phi) is 6.15. The van der Waals surface area contributed by atoms with Crippen molar-refractivity contribution in [2.24, 2.45) is 11.7 Å². The third-order valence-electron chi connectivity index (χ3n) is 4.20. The molecule has 0 bridgehead atoms. The molecule has 2 nitrogen and oxygen atoms in total. The molecule has 0 saturated heterocycles. The zero-order chi connectivity index (χ0) is 13.3. The molecule has 1 aliphatic carbocycles. The number of benzene rings is 1. The van der Waals surface area contributed by atoms with Crippen molar-refractivity contribution in [1.82, 2.24) is 0 Å². The summed E-state index contributed by atoms with van der Waals surface area (Å²) in [4.78, 5) is 0. The van der Waals surface area contributed by atoms with Crippen LogP contribution in [0.2, 0.25) is 0 Å². The molecule has 0 amide bonds. The summed E-state index contributed by atoms with van der Waals surface area (Å²) in [6.45, 7) is 4.03. The molecule has 0 aliphatic heterocycles.